The molecular formula is C24H23NO5. The van der Waals surface area contributed by atoms with E-state index in [0.717, 1.165) is 16.7 Å². The number of hydrogen-bond donors (Lipinski definition) is 1. The summed E-state index contributed by atoms with van der Waals surface area (Å²) in [7, 11) is 0. The lowest BCUT2D eigenvalue weighted by molar-refractivity contribution is -0.0506. The Bertz CT molecular complexity index is 1170. The summed E-state index contributed by atoms with van der Waals surface area (Å²) in [5, 5.41) is 10.4. The highest BCUT2D eigenvalue weighted by atomic mass is 16.5. The quantitative estimate of drug-likeness (QED) is 0.587. The van der Waals surface area contributed by atoms with E-state index in [1.165, 1.54) is 6.07 Å². The van der Waals surface area contributed by atoms with Gasteiger partial charge in [-0.2, -0.15) is 0 Å². The summed E-state index contributed by atoms with van der Waals surface area (Å²) in [5.41, 5.74) is 3.64. The van der Waals surface area contributed by atoms with E-state index in [1.54, 1.807) is 18.2 Å². The normalized spacial score (nSPS) is 13.8. The molecule has 0 aliphatic carbocycles. The minimum absolute atomic E-state index is 0.120. The topological polar surface area (TPSA) is 81.8 Å². The molecule has 0 unspecified atom stereocenters. The molecular weight excluding hydrogens is 382 g/mol. The molecule has 0 atom stereocenters. The summed E-state index contributed by atoms with van der Waals surface area (Å²) in [6.07, 6.45) is 3.30. The number of furan rings is 1. The molecule has 154 valence electrons. The second-order valence-electron chi connectivity index (χ2n) is 7.42. The molecule has 6 nitrogen and oxygen atoms in total. The largest absolute Gasteiger partial charge is 0.492 e. The number of aromatic nitrogens is 1. The van der Waals surface area contributed by atoms with Crippen molar-refractivity contribution in [1.29, 1.82) is 0 Å². The first-order chi connectivity index (χ1) is 14.4. The van der Waals surface area contributed by atoms with Gasteiger partial charge in [0.25, 0.3) is 0 Å². The number of pyridine rings is 1. The van der Waals surface area contributed by atoms with Crippen LogP contribution < -0.4 is 4.74 Å². The molecule has 0 saturated carbocycles. The maximum Gasteiger partial charge on any atom is 0.336 e. The van der Waals surface area contributed by atoms with Crippen LogP contribution >= 0.6 is 0 Å². The minimum Gasteiger partial charge on any atom is -0.492 e. The Labute approximate surface area is 174 Å². The number of nitrogens with zero attached hydrogens (tertiary/aromatic N) is 1. The van der Waals surface area contributed by atoms with Crippen LogP contribution in [-0.4, -0.2) is 35.9 Å². The average molecular weight is 405 g/mol. The van der Waals surface area contributed by atoms with Gasteiger partial charge < -0.3 is 19.0 Å². The van der Waals surface area contributed by atoms with Gasteiger partial charge in [-0.1, -0.05) is 25.3 Å². The molecule has 30 heavy (non-hydrogen) atoms. The molecule has 3 heterocycles. The average Bonchev–Trinajstić information content (AvgIpc) is 3.03. The Balaban J connectivity index is 1.91. The zero-order valence-electron chi connectivity index (χ0n) is 17.0. The highest BCUT2D eigenvalue weighted by molar-refractivity contribution is 6.07. The summed E-state index contributed by atoms with van der Waals surface area (Å²) in [4.78, 5) is 16.9. The molecule has 1 fully saturated rings. The summed E-state index contributed by atoms with van der Waals surface area (Å²) in [6.45, 7) is 13.2. The summed E-state index contributed by atoms with van der Waals surface area (Å²) >= 11 is 0. The Morgan fingerprint density at radius 3 is 2.63 bits per heavy atom. The van der Waals surface area contributed by atoms with Crippen molar-refractivity contribution in [1.82, 2.24) is 4.98 Å². The van der Waals surface area contributed by atoms with Gasteiger partial charge in [-0.05, 0) is 37.6 Å². The molecule has 2 aromatic heterocycles. The van der Waals surface area contributed by atoms with Crippen molar-refractivity contribution >= 4 is 29.0 Å². The molecule has 1 aliphatic rings. The van der Waals surface area contributed by atoms with Gasteiger partial charge in [-0.25, -0.2) is 9.78 Å². The van der Waals surface area contributed by atoms with Gasteiger partial charge in [-0.15, -0.1) is 0 Å². The van der Waals surface area contributed by atoms with Crippen molar-refractivity contribution in [3.05, 3.63) is 59.4 Å². The van der Waals surface area contributed by atoms with E-state index in [0.29, 0.717) is 59.6 Å². The van der Waals surface area contributed by atoms with E-state index in [2.05, 4.69) is 13.2 Å². The van der Waals surface area contributed by atoms with E-state index < -0.39 is 5.97 Å². The Morgan fingerprint density at radius 1 is 1.30 bits per heavy atom. The monoisotopic (exact) mass is 405 g/mol. The van der Waals surface area contributed by atoms with E-state index >= 15 is 0 Å². The van der Waals surface area contributed by atoms with Crippen molar-refractivity contribution in [3.8, 4) is 17.2 Å². The highest BCUT2D eigenvalue weighted by Crippen LogP contribution is 2.37. The third kappa shape index (κ3) is 3.29. The minimum atomic E-state index is -1.05. The second-order valence-corrected chi connectivity index (χ2v) is 7.42. The maximum absolute atomic E-state index is 12.2. The number of aryl methyl sites for hydroxylation is 1. The van der Waals surface area contributed by atoms with Crippen LogP contribution in [0.3, 0.4) is 0 Å². The van der Waals surface area contributed by atoms with Crippen LogP contribution in [0.5, 0.6) is 5.75 Å². The van der Waals surface area contributed by atoms with Gasteiger partial charge in [0.15, 0.2) is 5.76 Å². The molecule has 0 spiro atoms. The van der Waals surface area contributed by atoms with Gasteiger partial charge in [0.05, 0.1) is 36.3 Å². The van der Waals surface area contributed by atoms with Gasteiger partial charge in [-0.3, -0.25) is 0 Å². The highest BCUT2D eigenvalue weighted by Gasteiger charge is 2.24. The van der Waals surface area contributed by atoms with Crippen molar-refractivity contribution < 1.29 is 23.8 Å². The predicted molar refractivity (Wildman–Crippen MR) is 116 cm³/mol. The van der Waals surface area contributed by atoms with Gasteiger partial charge >= 0.3 is 5.97 Å². The first-order valence-corrected chi connectivity index (χ1v) is 9.71. The Hall–Kier alpha value is -3.38. The maximum atomic E-state index is 12.2. The van der Waals surface area contributed by atoms with E-state index in [1.807, 2.05) is 19.9 Å². The van der Waals surface area contributed by atoms with Crippen LogP contribution in [0.2, 0.25) is 0 Å². The lowest BCUT2D eigenvalue weighted by Gasteiger charge is -2.26. The van der Waals surface area contributed by atoms with Crippen LogP contribution in [-0.2, 0) is 4.74 Å². The number of carboxylic acids is 1. The zero-order chi connectivity index (χ0) is 21.4. The lowest BCUT2D eigenvalue weighted by Crippen LogP contribution is -2.32. The van der Waals surface area contributed by atoms with E-state index in [9.17, 15) is 9.90 Å². The molecule has 1 aliphatic heterocycles. The first kappa shape index (κ1) is 19.9. The predicted octanol–water partition coefficient (Wildman–Crippen LogP) is 5.12. The molecule has 0 amide bonds. The fraction of sp³-hybridized carbons (Fsp3) is 0.250. The van der Waals surface area contributed by atoms with Crippen LogP contribution in [0.1, 0.15) is 32.8 Å². The number of ether oxygens (including phenoxy) is 2. The standard InChI is InChI=1S/C24H23NO5/c1-5-16-14(4)23(30-19(16)6-2)18-9-17(24(26)27)21-20(29-12-15-10-28-11-15)8-7-13(3)22(21)25-18/h5-9,15H,1-2,10-12H2,3-4H3,(H,26,27). The van der Waals surface area contributed by atoms with Crippen molar-refractivity contribution in [2.45, 2.75) is 13.8 Å². The summed E-state index contributed by atoms with van der Waals surface area (Å²) in [5.74, 6) is 0.855. The van der Waals surface area contributed by atoms with Crippen LogP contribution in [0, 0.1) is 19.8 Å². The van der Waals surface area contributed by atoms with Crippen molar-refractivity contribution in [2.24, 2.45) is 5.92 Å². The molecule has 4 rings (SSSR count). The van der Waals surface area contributed by atoms with Gasteiger partial charge in [0.1, 0.15) is 17.2 Å². The number of carboxylic acid groups (broad SMARTS) is 1. The molecule has 3 aromatic rings. The second kappa shape index (κ2) is 7.80. The van der Waals surface area contributed by atoms with Crippen molar-refractivity contribution in [2.75, 3.05) is 19.8 Å². The number of benzene rings is 1. The van der Waals surface area contributed by atoms with Crippen molar-refractivity contribution in [3.63, 3.8) is 0 Å². The number of rotatable bonds is 7. The Kier molecular flexibility index (Phi) is 5.18. The smallest absolute Gasteiger partial charge is 0.336 e. The summed E-state index contributed by atoms with van der Waals surface area (Å²) in [6, 6.07) is 5.22. The van der Waals surface area contributed by atoms with Crippen LogP contribution in [0.4, 0.5) is 0 Å². The third-order valence-corrected chi connectivity index (χ3v) is 5.38. The lowest BCUT2D eigenvalue weighted by atomic mass is 10.0. The Morgan fingerprint density at radius 2 is 2.07 bits per heavy atom. The van der Waals surface area contributed by atoms with Gasteiger partial charge in [0, 0.05) is 17.0 Å². The fourth-order valence-electron chi connectivity index (χ4n) is 3.63. The molecule has 1 N–H and O–H groups in total. The molecule has 6 heteroatoms. The number of carbonyl (C=O) groups is 1. The zero-order valence-corrected chi connectivity index (χ0v) is 17.0. The van der Waals surface area contributed by atoms with E-state index in [4.69, 9.17) is 18.9 Å². The molecule has 1 saturated heterocycles. The molecule has 0 bridgehead atoms. The van der Waals surface area contributed by atoms with Crippen LogP contribution in [0.15, 0.2) is 35.8 Å². The van der Waals surface area contributed by atoms with E-state index in [-0.39, 0.29) is 5.56 Å². The molecule has 0 radical (unpaired) electrons. The number of fused-ring (bicyclic) bond motifs is 1. The SMILES string of the molecule is C=Cc1oc(-c2cc(C(=O)O)c3c(OCC4COC4)ccc(C)c3n2)c(C)c1C=C. The third-order valence-electron chi connectivity index (χ3n) is 5.38. The fourth-order valence-corrected chi connectivity index (χ4v) is 3.63. The summed E-state index contributed by atoms with van der Waals surface area (Å²) < 4.78 is 17.1. The molecule has 1 aromatic carbocycles. The number of aromatic carboxylic acids is 1. The number of hydrogen-bond acceptors (Lipinski definition) is 5. The van der Waals surface area contributed by atoms with Gasteiger partial charge in [0.2, 0.25) is 0 Å². The van der Waals surface area contributed by atoms with Crippen LogP contribution in [0.25, 0.3) is 34.5 Å². The first-order valence-electron chi connectivity index (χ1n) is 9.71.